The van der Waals surface area contributed by atoms with Gasteiger partial charge in [-0.3, -0.25) is 10.2 Å². The molecular formula is C29H31N5O5. The van der Waals surface area contributed by atoms with Crippen LogP contribution in [0.3, 0.4) is 0 Å². The second-order valence-corrected chi connectivity index (χ2v) is 8.92. The number of nitrogens with one attached hydrogen (secondary N) is 2. The minimum atomic E-state index is -0.564. The molecule has 2 amide bonds. The lowest BCUT2D eigenvalue weighted by Crippen LogP contribution is -2.38. The van der Waals surface area contributed by atoms with E-state index in [1.165, 1.54) is 10.7 Å². The van der Waals surface area contributed by atoms with Gasteiger partial charge in [-0.15, -0.1) is 0 Å². The van der Waals surface area contributed by atoms with Crippen LogP contribution in [0.1, 0.15) is 17.4 Å². The zero-order chi connectivity index (χ0) is 27.0. The molecule has 10 nitrogen and oxygen atoms in total. The lowest BCUT2D eigenvalue weighted by atomic mass is 10.1. The van der Waals surface area contributed by atoms with Gasteiger partial charge in [-0.2, -0.15) is 5.10 Å². The van der Waals surface area contributed by atoms with Gasteiger partial charge in [-0.25, -0.2) is 14.3 Å². The topological polar surface area (TPSA) is 107 Å². The highest BCUT2D eigenvalue weighted by Crippen LogP contribution is 2.32. The van der Waals surface area contributed by atoms with Gasteiger partial charge in [0, 0.05) is 36.5 Å². The van der Waals surface area contributed by atoms with Crippen molar-refractivity contribution in [2.45, 2.75) is 6.92 Å². The van der Waals surface area contributed by atoms with Crippen LogP contribution in [0, 0.1) is 0 Å². The molecule has 1 fully saturated rings. The van der Waals surface area contributed by atoms with E-state index >= 15 is 0 Å². The largest absolute Gasteiger partial charge is 0.492 e. The molecule has 202 valence electrons. The van der Waals surface area contributed by atoms with E-state index in [4.69, 9.17) is 14.2 Å². The van der Waals surface area contributed by atoms with Gasteiger partial charge in [0.15, 0.2) is 5.69 Å². The zero-order valence-corrected chi connectivity index (χ0v) is 21.8. The minimum absolute atomic E-state index is 0.0973. The van der Waals surface area contributed by atoms with E-state index in [1.807, 2.05) is 66.7 Å². The third kappa shape index (κ3) is 6.36. The fraction of sp³-hybridized carbons (Fsp3) is 0.276. The predicted molar refractivity (Wildman–Crippen MR) is 149 cm³/mol. The number of aromatic nitrogens is 2. The Hall–Kier alpha value is -4.41. The molecule has 0 saturated carbocycles. The average Bonchev–Trinajstić information content (AvgIpc) is 3.39. The minimum Gasteiger partial charge on any atom is -0.492 e. The van der Waals surface area contributed by atoms with Gasteiger partial charge < -0.3 is 19.5 Å². The van der Waals surface area contributed by atoms with Gasteiger partial charge in [0.1, 0.15) is 18.2 Å². The number of nitrogens with zero attached hydrogens (tertiary/aromatic N) is 3. The van der Waals surface area contributed by atoms with Crippen molar-refractivity contribution in [2.24, 2.45) is 0 Å². The summed E-state index contributed by atoms with van der Waals surface area (Å²) >= 11 is 0. The third-order valence-corrected chi connectivity index (χ3v) is 6.34. The van der Waals surface area contributed by atoms with Crippen molar-refractivity contribution in [3.63, 3.8) is 0 Å². The molecule has 3 aromatic carbocycles. The Morgan fingerprint density at radius 2 is 1.69 bits per heavy atom. The monoisotopic (exact) mass is 529 g/mol. The molecule has 0 aliphatic carbocycles. The Labute approximate surface area is 226 Å². The first-order valence-corrected chi connectivity index (χ1v) is 13.0. The van der Waals surface area contributed by atoms with E-state index < -0.39 is 12.0 Å². The van der Waals surface area contributed by atoms with Crippen molar-refractivity contribution >= 4 is 34.3 Å². The number of para-hydroxylation sites is 1. The Morgan fingerprint density at radius 1 is 0.949 bits per heavy atom. The Bertz CT molecular complexity index is 1430. The molecule has 0 radical (unpaired) electrons. The molecular weight excluding hydrogens is 498 g/mol. The number of anilines is 2. The first kappa shape index (κ1) is 26.2. The highest BCUT2D eigenvalue weighted by Gasteiger charge is 2.19. The lowest BCUT2D eigenvalue weighted by Gasteiger charge is -2.26. The predicted octanol–water partition coefficient (Wildman–Crippen LogP) is 4.56. The summed E-state index contributed by atoms with van der Waals surface area (Å²) in [5, 5.41) is 11.8. The summed E-state index contributed by atoms with van der Waals surface area (Å²) in [4.78, 5) is 27.8. The number of carbonyl (C=O) groups is 2. The van der Waals surface area contributed by atoms with Crippen LogP contribution in [0.4, 0.5) is 16.3 Å². The maximum Gasteiger partial charge on any atom is 0.358 e. The Morgan fingerprint density at radius 3 is 2.46 bits per heavy atom. The summed E-state index contributed by atoms with van der Waals surface area (Å²) in [6, 6.07) is 21.7. The van der Waals surface area contributed by atoms with Crippen molar-refractivity contribution in [3.05, 3.63) is 78.5 Å². The van der Waals surface area contributed by atoms with Gasteiger partial charge in [0.2, 0.25) is 0 Å². The van der Waals surface area contributed by atoms with Gasteiger partial charge in [0.25, 0.3) is 0 Å². The molecule has 1 saturated heterocycles. The molecule has 4 aromatic rings. The summed E-state index contributed by atoms with van der Waals surface area (Å²) < 4.78 is 18.1. The lowest BCUT2D eigenvalue weighted by molar-refractivity contribution is 0.0323. The number of carbonyl (C=O) groups excluding carboxylic acids is 2. The highest BCUT2D eigenvalue weighted by molar-refractivity contribution is 6.07. The molecule has 2 N–H and O–H groups in total. The SMILES string of the molecule is CCOC(=O)c1cc(NC(=O)Nc2ccc(OCCN3CCOCC3)c3ccccc23)n(-c2ccccc2)n1. The Balaban J connectivity index is 1.32. The van der Waals surface area contributed by atoms with Crippen LogP contribution in [-0.2, 0) is 9.47 Å². The van der Waals surface area contributed by atoms with Crippen LogP contribution in [0.15, 0.2) is 72.8 Å². The van der Waals surface area contributed by atoms with Crippen LogP contribution < -0.4 is 15.4 Å². The molecule has 10 heteroatoms. The molecule has 5 rings (SSSR count). The van der Waals surface area contributed by atoms with E-state index in [-0.39, 0.29) is 12.3 Å². The van der Waals surface area contributed by atoms with E-state index in [2.05, 4.69) is 20.6 Å². The molecule has 1 aromatic heterocycles. The second kappa shape index (κ2) is 12.4. The summed E-state index contributed by atoms with van der Waals surface area (Å²) in [5.74, 6) is 0.519. The van der Waals surface area contributed by atoms with Crippen molar-refractivity contribution in [3.8, 4) is 11.4 Å². The summed E-state index contributed by atoms with van der Waals surface area (Å²) in [7, 11) is 0. The fourth-order valence-corrected chi connectivity index (χ4v) is 4.43. The third-order valence-electron chi connectivity index (χ3n) is 6.34. The normalized spacial score (nSPS) is 13.7. The maximum atomic E-state index is 13.1. The maximum absolute atomic E-state index is 13.1. The number of morpholine rings is 1. The van der Waals surface area contributed by atoms with Gasteiger partial charge in [-0.1, -0.05) is 42.5 Å². The van der Waals surface area contributed by atoms with Gasteiger partial charge in [-0.05, 0) is 31.2 Å². The van der Waals surface area contributed by atoms with Crippen LogP contribution >= 0.6 is 0 Å². The number of amides is 2. The number of ether oxygens (including phenoxy) is 3. The molecule has 1 aliphatic rings. The van der Waals surface area contributed by atoms with Crippen LogP contribution in [-0.4, -0.2) is 72.7 Å². The highest BCUT2D eigenvalue weighted by atomic mass is 16.5. The first-order chi connectivity index (χ1) is 19.1. The number of hydrogen-bond acceptors (Lipinski definition) is 7. The quantitative estimate of drug-likeness (QED) is 0.306. The molecule has 39 heavy (non-hydrogen) atoms. The summed E-state index contributed by atoms with van der Waals surface area (Å²) in [6.45, 7) is 6.65. The van der Waals surface area contributed by atoms with Crippen LogP contribution in [0.25, 0.3) is 16.5 Å². The number of fused-ring (bicyclic) bond motifs is 1. The van der Waals surface area contributed by atoms with Crippen molar-refractivity contribution in [2.75, 3.05) is 56.7 Å². The summed E-state index contributed by atoms with van der Waals surface area (Å²) in [5.41, 5.74) is 1.41. The van der Waals surface area contributed by atoms with Gasteiger partial charge in [0.05, 0.1) is 31.2 Å². The molecule has 0 atom stereocenters. The first-order valence-electron chi connectivity index (χ1n) is 13.0. The van der Waals surface area contributed by atoms with Crippen molar-refractivity contribution in [1.82, 2.24) is 14.7 Å². The molecule has 0 unspecified atom stereocenters. The number of rotatable bonds is 9. The van der Waals surface area contributed by atoms with Gasteiger partial charge >= 0.3 is 12.0 Å². The zero-order valence-electron chi connectivity index (χ0n) is 21.8. The standard InChI is InChI=1S/C29H31N5O5/c1-2-38-28(35)25-20-27(34(32-25)21-8-4-3-5-9-21)31-29(36)30-24-12-13-26(23-11-7-6-10-22(23)24)39-19-16-33-14-17-37-18-15-33/h3-13,20H,2,14-19H2,1H3,(H2,30,31,36). The second-order valence-electron chi connectivity index (χ2n) is 8.92. The van der Waals surface area contributed by atoms with Crippen molar-refractivity contribution in [1.29, 1.82) is 0 Å². The number of esters is 1. The fourth-order valence-electron chi connectivity index (χ4n) is 4.43. The van der Waals surface area contributed by atoms with E-state index in [9.17, 15) is 9.59 Å². The van der Waals surface area contributed by atoms with Crippen LogP contribution in [0.5, 0.6) is 5.75 Å². The molecule has 0 spiro atoms. The van der Waals surface area contributed by atoms with E-state index in [1.54, 1.807) is 6.92 Å². The number of hydrogen-bond donors (Lipinski definition) is 2. The van der Waals surface area contributed by atoms with Crippen LogP contribution in [0.2, 0.25) is 0 Å². The molecule has 1 aliphatic heterocycles. The smallest absolute Gasteiger partial charge is 0.358 e. The van der Waals surface area contributed by atoms with E-state index in [0.717, 1.165) is 49.4 Å². The van der Waals surface area contributed by atoms with E-state index in [0.29, 0.717) is 23.8 Å². The van der Waals surface area contributed by atoms with Crippen molar-refractivity contribution < 1.29 is 23.8 Å². The Kier molecular flexibility index (Phi) is 8.35. The average molecular weight is 530 g/mol. The number of benzene rings is 3. The molecule has 0 bridgehead atoms. The molecule has 2 heterocycles. The number of urea groups is 1. The summed E-state index contributed by atoms with van der Waals surface area (Å²) in [6.07, 6.45) is 0.